The lowest BCUT2D eigenvalue weighted by atomic mass is 9.85. The average molecular weight is 562 g/mol. The number of hydrogen-bond acceptors (Lipinski definition) is 7. The molecule has 2 N–H and O–H groups in total. The van der Waals surface area contributed by atoms with E-state index in [1.165, 1.54) is 24.8 Å². The molecule has 3 aromatic rings. The average Bonchev–Trinajstić information content (AvgIpc) is 2.97. The first kappa shape index (κ1) is 28.5. The van der Waals surface area contributed by atoms with Crippen LogP contribution in [0, 0.1) is 0 Å². The summed E-state index contributed by atoms with van der Waals surface area (Å²) in [7, 11) is 5.73. The molecule has 2 aliphatic carbocycles. The molecule has 0 atom stereocenters. The molecule has 0 unspecified atom stereocenters. The molecule has 1 heterocycles. The minimum absolute atomic E-state index is 0.0403. The maximum atomic E-state index is 13.3. The van der Waals surface area contributed by atoms with E-state index in [9.17, 15) is 4.79 Å². The number of nitrogens with zero attached hydrogens (tertiary/aromatic N) is 3. The molecule has 7 nitrogen and oxygen atoms in total. The number of rotatable bonds is 10. The number of amides is 1. The molecule has 0 radical (unpaired) electrons. The van der Waals surface area contributed by atoms with Crippen molar-refractivity contribution >= 4 is 40.3 Å². The summed E-state index contributed by atoms with van der Waals surface area (Å²) < 4.78 is 5.34. The highest BCUT2D eigenvalue weighted by Gasteiger charge is 2.35. The minimum atomic E-state index is 0.0403. The Morgan fingerprint density at radius 1 is 0.975 bits per heavy atom. The van der Waals surface area contributed by atoms with Crippen molar-refractivity contribution in [3.63, 3.8) is 0 Å². The van der Waals surface area contributed by atoms with Gasteiger partial charge in [0.05, 0.1) is 12.6 Å². The molecular formula is C32H43N5O2S. The number of carbonyl (C=O) groups excluding carboxylic acids is 1. The Labute approximate surface area is 242 Å². The highest BCUT2D eigenvalue weighted by atomic mass is 32.2. The Balaban J connectivity index is 1.13. The number of carbonyl (C=O) groups is 1. The lowest BCUT2D eigenvalue weighted by Gasteiger charge is -2.37. The van der Waals surface area contributed by atoms with E-state index >= 15 is 0 Å². The van der Waals surface area contributed by atoms with Crippen LogP contribution in [-0.4, -0.2) is 53.9 Å². The number of fused-ring (bicyclic) bond motifs is 1. The van der Waals surface area contributed by atoms with Gasteiger partial charge in [0.1, 0.15) is 11.6 Å². The Kier molecular flexibility index (Phi) is 9.35. The number of nitrogens with one attached hydrogen (secondary N) is 2. The standard InChI is InChI=1S/C32H43N5O2S/c1-37(2)30-27-9-5-6-10-28(27)35-31(36-30)34-25-15-13-24(14-16-25)33-29(38)21-32(19-7-4-8-20-32)40-22-23-11-17-26(39-3)18-12-23/h5-6,9-12,17-18,24-25H,4,7-8,13-16,19-22H2,1-3H3,(H,33,38)(H,34,35,36)/t24-,25+. The number of aromatic nitrogens is 2. The third-order valence-corrected chi connectivity index (χ3v) is 10.0. The summed E-state index contributed by atoms with van der Waals surface area (Å²) in [5.74, 6) is 3.64. The number of methoxy groups -OCH3 is 1. The van der Waals surface area contributed by atoms with E-state index in [1.807, 2.05) is 61.1 Å². The Hall–Kier alpha value is -3.00. The number of hydrogen-bond donors (Lipinski definition) is 2. The van der Waals surface area contributed by atoms with Crippen LogP contribution in [-0.2, 0) is 10.5 Å². The van der Waals surface area contributed by atoms with Crippen molar-refractivity contribution in [2.24, 2.45) is 0 Å². The van der Waals surface area contributed by atoms with E-state index in [-0.39, 0.29) is 16.7 Å². The van der Waals surface area contributed by atoms with Crippen LogP contribution in [0.1, 0.15) is 69.8 Å². The summed E-state index contributed by atoms with van der Waals surface area (Å²) in [6.07, 6.45) is 10.5. The van der Waals surface area contributed by atoms with Crippen LogP contribution >= 0.6 is 11.8 Å². The summed E-state index contributed by atoms with van der Waals surface area (Å²) in [5.41, 5.74) is 2.24. The van der Waals surface area contributed by atoms with Crippen LogP contribution in [0.3, 0.4) is 0 Å². The fourth-order valence-electron chi connectivity index (χ4n) is 6.13. The van der Waals surface area contributed by atoms with E-state index < -0.39 is 0 Å². The number of para-hydroxylation sites is 1. The quantitative estimate of drug-likeness (QED) is 0.290. The molecular weight excluding hydrogens is 518 g/mol. The molecule has 1 amide bonds. The fourth-order valence-corrected chi connectivity index (χ4v) is 7.60. The SMILES string of the molecule is COc1ccc(CSC2(CC(=O)N[C@H]3CC[C@@H](Nc4nc(N(C)C)c5ccccc5n4)CC3)CCCCC2)cc1. The summed E-state index contributed by atoms with van der Waals surface area (Å²) in [6.45, 7) is 0. The van der Waals surface area contributed by atoms with Gasteiger partial charge in [-0.1, -0.05) is 43.5 Å². The number of benzene rings is 2. The van der Waals surface area contributed by atoms with Gasteiger partial charge in [-0.25, -0.2) is 4.98 Å². The van der Waals surface area contributed by atoms with Gasteiger partial charge in [-0.2, -0.15) is 4.98 Å². The molecule has 2 saturated carbocycles. The van der Waals surface area contributed by atoms with Crippen molar-refractivity contribution in [1.82, 2.24) is 15.3 Å². The van der Waals surface area contributed by atoms with Crippen molar-refractivity contribution in [3.05, 3.63) is 54.1 Å². The fraction of sp³-hybridized carbons (Fsp3) is 0.531. The minimum Gasteiger partial charge on any atom is -0.497 e. The first-order valence-electron chi connectivity index (χ1n) is 14.7. The Morgan fingerprint density at radius 2 is 1.68 bits per heavy atom. The molecule has 0 saturated heterocycles. The third-order valence-electron chi connectivity index (χ3n) is 8.38. The topological polar surface area (TPSA) is 79.4 Å². The number of thioether (sulfide) groups is 1. The summed E-state index contributed by atoms with van der Waals surface area (Å²) in [4.78, 5) is 24.9. The Morgan fingerprint density at radius 3 is 2.38 bits per heavy atom. The van der Waals surface area contributed by atoms with Gasteiger partial charge in [-0.3, -0.25) is 4.79 Å². The van der Waals surface area contributed by atoms with Crippen molar-refractivity contribution in [1.29, 1.82) is 0 Å². The van der Waals surface area contributed by atoms with Crippen molar-refractivity contribution in [3.8, 4) is 5.75 Å². The van der Waals surface area contributed by atoms with Crippen LogP contribution < -0.4 is 20.3 Å². The van der Waals surface area contributed by atoms with Crippen LogP contribution in [0.5, 0.6) is 5.75 Å². The number of anilines is 2. The van der Waals surface area contributed by atoms with Gasteiger partial charge in [-0.15, -0.1) is 11.8 Å². The lowest BCUT2D eigenvalue weighted by Crippen LogP contribution is -2.43. The molecule has 1 aromatic heterocycles. The summed E-state index contributed by atoms with van der Waals surface area (Å²) >= 11 is 1.98. The Bertz CT molecular complexity index is 1270. The maximum absolute atomic E-state index is 13.3. The van der Waals surface area contributed by atoms with Gasteiger partial charge < -0.3 is 20.3 Å². The molecule has 214 valence electrons. The second-order valence-corrected chi connectivity index (χ2v) is 13.0. The van der Waals surface area contributed by atoms with E-state index in [0.29, 0.717) is 18.4 Å². The maximum Gasteiger partial charge on any atom is 0.225 e. The van der Waals surface area contributed by atoms with Gasteiger partial charge in [0.15, 0.2) is 0 Å². The van der Waals surface area contributed by atoms with E-state index in [4.69, 9.17) is 14.7 Å². The van der Waals surface area contributed by atoms with Gasteiger partial charge >= 0.3 is 0 Å². The normalized spacial score (nSPS) is 20.6. The number of ether oxygens (including phenoxy) is 1. The largest absolute Gasteiger partial charge is 0.497 e. The van der Waals surface area contributed by atoms with E-state index in [0.717, 1.165) is 66.7 Å². The zero-order chi connectivity index (χ0) is 28.0. The van der Waals surface area contributed by atoms with Gasteiger partial charge in [-0.05, 0) is 68.4 Å². The van der Waals surface area contributed by atoms with Crippen molar-refractivity contribution in [2.45, 2.75) is 86.8 Å². The monoisotopic (exact) mass is 561 g/mol. The highest BCUT2D eigenvalue weighted by molar-refractivity contribution is 7.99. The summed E-state index contributed by atoms with van der Waals surface area (Å²) in [6, 6.07) is 17.0. The smallest absolute Gasteiger partial charge is 0.225 e. The van der Waals surface area contributed by atoms with Gasteiger partial charge in [0, 0.05) is 48.5 Å². The first-order chi connectivity index (χ1) is 19.4. The van der Waals surface area contributed by atoms with E-state index in [2.05, 4.69) is 28.8 Å². The van der Waals surface area contributed by atoms with E-state index in [1.54, 1.807) is 7.11 Å². The zero-order valence-corrected chi connectivity index (χ0v) is 24.9. The van der Waals surface area contributed by atoms with Crippen LogP contribution in [0.4, 0.5) is 11.8 Å². The van der Waals surface area contributed by atoms with Gasteiger partial charge in [0.2, 0.25) is 11.9 Å². The van der Waals surface area contributed by atoms with Crippen LogP contribution in [0.15, 0.2) is 48.5 Å². The first-order valence-corrected chi connectivity index (χ1v) is 15.7. The van der Waals surface area contributed by atoms with Gasteiger partial charge in [0.25, 0.3) is 0 Å². The van der Waals surface area contributed by atoms with Crippen LogP contribution in [0.2, 0.25) is 0 Å². The van der Waals surface area contributed by atoms with Crippen LogP contribution in [0.25, 0.3) is 10.9 Å². The van der Waals surface area contributed by atoms with Crippen molar-refractivity contribution in [2.75, 3.05) is 31.4 Å². The second kappa shape index (κ2) is 13.1. The molecule has 0 spiro atoms. The lowest BCUT2D eigenvalue weighted by molar-refractivity contribution is -0.122. The highest BCUT2D eigenvalue weighted by Crippen LogP contribution is 2.44. The molecule has 8 heteroatoms. The second-order valence-electron chi connectivity index (χ2n) is 11.6. The zero-order valence-electron chi connectivity index (χ0n) is 24.1. The molecule has 40 heavy (non-hydrogen) atoms. The predicted molar refractivity (Wildman–Crippen MR) is 166 cm³/mol. The summed E-state index contributed by atoms with van der Waals surface area (Å²) in [5, 5.41) is 8.04. The third kappa shape index (κ3) is 7.19. The molecule has 5 rings (SSSR count). The molecule has 0 aliphatic heterocycles. The molecule has 0 bridgehead atoms. The predicted octanol–water partition coefficient (Wildman–Crippen LogP) is 6.57. The molecule has 2 aromatic carbocycles. The molecule has 2 aliphatic rings. The molecule has 2 fully saturated rings. The van der Waals surface area contributed by atoms with Crippen molar-refractivity contribution < 1.29 is 9.53 Å².